The van der Waals surface area contributed by atoms with Crippen molar-refractivity contribution in [3.05, 3.63) is 76.6 Å². The number of carbonyl (C=O) groups is 2. The van der Waals surface area contributed by atoms with Gasteiger partial charge in [0.25, 0.3) is 0 Å². The maximum absolute atomic E-state index is 13.0. The zero-order valence-corrected chi connectivity index (χ0v) is 15.4. The minimum Gasteiger partial charge on any atom is -0.423 e. The fourth-order valence-corrected chi connectivity index (χ4v) is 3.66. The number of para-hydroxylation sites is 1. The molecule has 28 heavy (non-hydrogen) atoms. The lowest BCUT2D eigenvalue weighted by Crippen LogP contribution is -2.45. The molecule has 0 radical (unpaired) electrons. The average molecular weight is 376 g/mol. The molecule has 1 saturated heterocycles. The fourth-order valence-electron chi connectivity index (χ4n) is 3.66. The molecule has 6 nitrogen and oxygen atoms in total. The van der Waals surface area contributed by atoms with E-state index >= 15 is 0 Å². The first-order valence-corrected chi connectivity index (χ1v) is 9.25. The van der Waals surface area contributed by atoms with Crippen molar-refractivity contribution in [2.75, 3.05) is 4.90 Å². The summed E-state index contributed by atoms with van der Waals surface area (Å²) in [6, 6.07) is 17.1. The number of amides is 2. The number of hydrogen-bond donors (Lipinski definition) is 1. The van der Waals surface area contributed by atoms with Crippen molar-refractivity contribution in [1.82, 2.24) is 5.32 Å². The highest BCUT2D eigenvalue weighted by atomic mass is 16.4. The number of fused-ring (bicyclic) bond motifs is 1. The first-order chi connectivity index (χ1) is 13.5. The Morgan fingerprint density at radius 3 is 2.61 bits per heavy atom. The summed E-state index contributed by atoms with van der Waals surface area (Å²) in [4.78, 5) is 39.0. The molecule has 3 aromatic rings. The van der Waals surface area contributed by atoms with E-state index in [1.165, 1.54) is 11.0 Å². The largest absolute Gasteiger partial charge is 0.423 e. The lowest BCUT2D eigenvalue weighted by molar-refractivity contribution is -0.124. The minimum absolute atomic E-state index is 0.178. The molecule has 0 unspecified atom stereocenters. The molecule has 6 heteroatoms. The summed E-state index contributed by atoms with van der Waals surface area (Å²) >= 11 is 0. The Hall–Kier alpha value is -3.41. The molecule has 1 aliphatic heterocycles. The van der Waals surface area contributed by atoms with Crippen LogP contribution in [0, 0.1) is 0 Å². The summed E-state index contributed by atoms with van der Waals surface area (Å²) < 4.78 is 5.22. The average Bonchev–Trinajstić information content (AvgIpc) is 3.09. The SMILES string of the molecule is C[C@H](NC(=O)[C@@H]1CCC(=O)N1c1cc(=O)oc2ccccc12)c1ccccc1. The van der Waals surface area contributed by atoms with Crippen molar-refractivity contribution in [2.24, 2.45) is 0 Å². The van der Waals surface area contributed by atoms with Crippen molar-refractivity contribution >= 4 is 28.5 Å². The molecule has 1 N–H and O–H groups in total. The lowest BCUT2D eigenvalue weighted by Gasteiger charge is -2.26. The molecule has 2 atom stereocenters. The fraction of sp³-hybridized carbons (Fsp3) is 0.227. The van der Waals surface area contributed by atoms with E-state index in [0.717, 1.165) is 5.56 Å². The zero-order valence-electron chi connectivity index (χ0n) is 15.4. The molecule has 1 fully saturated rings. The third kappa shape index (κ3) is 3.29. The Morgan fingerprint density at radius 1 is 1.11 bits per heavy atom. The standard InChI is InChI=1S/C22H20N2O4/c1-14(15-7-3-2-4-8-15)23-22(27)17-11-12-20(25)24(17)18-13-21(26)28-19-10-6-5-9-16(18)19/h2-10,13-14,17H,11-12H2,1H3,(H,23,27)/t14-,17-/m0/s1. The number of benzene rings is 2. The van der Waals surface area contributed by atoms with Crippen LogP contribution in [0.15, 0.2) is 69.9 Å². The van der Waals surface area contributed by atoms with Crippen LogP contribution < -0.4 is 15.8 Å². The van der Waals surface area contributed by atoms with Gasteiger partial charge < -0.3 is 9.73 Å². The van der Waals surface area contributed by atoms with Gasteiger partial charge in [-0.1, -0.05) is 42.5 Å². The van der Waals surface area contributed by atoms with Crippen LogP contribution in [0.4, 0.5) is 5.69 Å². The second-order valence-corrected chi connectivity index (χ2v) is 6.91. The first kappa shape index (κ1) is 18.0. The van der Waals surface area contributed by atoms with Gasteiger partial charge in [0, 0.05) is 17.9 Å². The van der Waals surface area contributed by atoms with Crippen LogP contribution in [0.1, 0.15) is 31.4 Å². The van der Waals surface area contributed by atoms with E-state index in [4.69, 9.17) is 4.42 Å². The second kappa shape index (κ2) is 7.31. The summed E-state index contributed by atoms with van der Waals surface area (Å²) in [6.07, 6.45) is 0.660. The summed E-state index contributed by atoms with van der Waals surface area (Å²) in [7, 11) is 0. The van der Waals surface area contributed by atoms with E-state index in [-0.39, 0.29) is 24.3 Å². The van der Waals surface area contributed by atoms with Gasteiger partial charge in [0.2, 0.25) is 11.8 Å². The molecule has 1 aromatic heterocycles. The molecule has 0 bridgehead atoms. The minimum atomic E-state index is -0.663. The molecule has 2 aromatic carbocycles. The molecule has 2 heterocycles. The van der Waals surface area contributed by atoms with Crippen molar-refractivity contribution < 1.29 is 14.0 Å². The van der Waals surface area contributed by atoms with Crippen LogP contribution >= 0.6 is 0 Å². The molecular weight excluding hydrogens is 356 g/mol. The number of hydrogen-bond acceptors (Lipinski definition) is 4. The Morgan fingerprint density at radius 2 is 1.82 bits per heavy atom. The van der Waals surface area contributed by atoms with Crippen LogP contribution in [0.2, 0.25) is 0 Å². The van der Waals surface area contributed by atoms with E-state index in [2.05, 4.69) is 5.32 Å². The van der Waals surface area contributed by atoms with Crippen LogP contribution in [-0.4, -0.2) is 17.9 Å². The first-order valence-electron chi connectivity index (χ1n) is 9.25. The van der Waals surface area contributed by atoms with E-state index in [9.17, 15) is 14.4 Å². The molecule has 2 amide bonds. The molecule has 142 valence electrons. The monoisotopic (exact) mass is 376 g/mol. The normalized spacial score (nSPS) is 17.7. The van der Waals surface area contributed by atoms with Crippen molar-refractivity contribution in [3.8, 4) is 0 Å². The Kier molecular flexibility index (Phi) is 4.69. The number of rotatable bonds is 4. The summed E-state index contributed by atoms with van der Waals surface area (Å²) in [5.74, 6) is -0.414. The highest BCUT2D eigenvalue weighted by Crippen LogP contribution is 2.32. The van der Waals surface area contributed by atoms with Crippen LogP contribution in [0.25, 0.3) is 11.0 Å². The van der Waals surface area contributed by atoms with Crippen molar-refractivity contribution in [2.45, 2.75) is 31.8 Å². The van der Waals surface area contributed by atoms with Crippen LogP contribution in [-0.2, 0) is 9.59 Å². The predicted octanol–water partition coefficient (Wildman–Crippen LogP) is 3.17. The van der Waals surface area contributed by atoms with Gasteiger partial charge >= 0.3 is 5.63 Å². The van der Waals surface area contributed by atoms with Gasteiger partial charge in [-0.05, 0) is 31.0 Å². The van der Waals surface area contributed by atoms with E-state index < -0.39 is 11.7 Å². The van der Waals surface area contributed by atoms with Gasteiger partial charge in [-0.15, -0.1) is 0 Å². The van der Waals surface area contributed by atoms with Gasteiger partial charge in [0.1, 0.15) is 11.6 Å². The van der Waals surface area contributed by atoms with Gasteiger partial charge in [-0.2, -0.15) is 0 Å². The van der Waals surface area contributed by atoms with Gasteiger partial charge in [0.05, 0.1) is 11.7 Å². The summed E-state index contributed by atoms with van der Waals surface area (Å²) in [6.45, 7) is 1.90. The van der Waals surface area contributed by atoms with Gasteiger partial charge in [-0.25, -0.2) is 4.79 Å². The molecule has 4 rings (SSSR count). The molecule has 0 saturated carbocycles. The second-order valence-electron chi connectivity index (χ2n) is 6.91. The maximum Gasteiger partial charge on any atom is 0.338 e. The van der Waals surface area contributed by atoms with E-state index in [1.54, 1.807) is 24.3 Å². The number of carbonyl (C=O) groups excluding carboxylic acids is 2. The smallest absolute Gasteiger partial charge is 0.338 e. The molecule has 0 aliphatic carbocycles. The number of nitrogens with one attached hydrogen (secondary N) is 1. The van der Waals surface area contributed by atoms with E-state index in [0.29, 0.717) is 23.1 Å². The third-order valence-electron chi connectivity index (χ3n) is 5.06. The predicted molar refractivity (Wildman–Crippen MR) is 106 cm³/mol. The third-order valence-corrected chi connectivity index (χ3v) is 5.06. The highest BCUT2D eigenvalue weighted by molar-refractivity contribution is 6.08. The number of anilines is 1. The topological polar surface area (TPSA) is 79.6 Å². The Bertz CT molecular complexity index is 1090. The molecular formula is C22H20N2O4. The molecule has 1 aliphatic rings. The highest BCUT2D eigenvalue weighted by Gasteiger charge is 2.38. The van der Waals surface area contributed by atoms with E-state index in [1.807, 2.05) is 37.3 Å². The summed E-state index contributed by atoms with van der Waals surface area (Å²) in [5.41, 5.74) is 1.24. The summed E-state index contributed by atoms with van der Waals surface area (Å²) in [5, 5.41) is 3.62. The zero-order chi connectivity index (χ0) is 19.7. The van der Waals surface area contributed by atoms with Crippen molar-refractivity contribution in [1.29, 1.82) is 0 Å². The molecule has 0 spiro atoms. The quantitative estimate of drug-likeness (QED) is 0.710. The van der Waals surface area contributed by atoms with Gasteiger partial charge in [-0.3, -0.25) is 14.5 Å². The van der Waals surface area contributed by atoms with Gasteiger partial charge in [0.15, 0.2) is 0 Å². The Labute approximate surface area is 161 Å². The van der Waals surface area contributed by atoms with Crippen molar-refractivity contribution in [3.63, 3.8) is 0 Å². The Balaban J connectivity index is 1.66. The van der Waals surface area contributed by atoms with Crippen LogP contribution in [0.5, 0.6) is 0 Å². The lowest BCUT2D eigenvalue weighted by atomic mass is 10.1. The maximum atomic E-state index is 13.0. The van der Waals surface area contributed by atoms with Crippen LogP contribution in [0.3, 0.4) is 0 Å². The number of nitrogens with zero attached hydrogens (tertiary/aromatic N) is 1.